The third-order valence-electron chi connectivity index (χ3n) is 3.39. The van der Waals surface area contributed by atoms with Crippen molar-refractivity contribution in [2.45, 2.75) is 13.5 Å². The van der Waals surface area contributed by atoms with Gasteiger partial charge in [-0.1, -0.05) is 0 Å². The van der Waals surface area contributed by atoms with Gasteiger partial charge in [0.25, 0.3) is 0 Å². The van der Waals surface area contributed by atoms with Gasteiger partial charge >= 0.3 is 0 Å². The zero-order valence-corrected chi connectivity index (χ0v) is 13.0. The summed E-state index contributed by atoms with van der Waals surface area (Å²) in [5.41, 5.74) is 0.996. The molecule has 0 aliphatic carbocycles. The third-order valence-corrected chi connectivity index (χ3v) is 4.21. The summed E-state index contributed by atoms with van der Waals surface area (Å²) in [5, 5.41) is 0.973. The highest BCUT2D eigenvalue weighted by Crippen LogP contribution is 2.21. The molecule has 3 heterocycles. The number of hydrogen-bond donors (Lipinski definition) is 0. The van der Waals surface area contributed by atoms with E-state index in [0.717, 1.165) is 48.6 Å². The molecule has 1 fully saturated rings. The number of anilines is 2. The first-order chi connectivity index (χ1) is 10.3. The quantitative estimate of drug-likeness (QED) is 0.838. The molecule has 2 aromatic heterocycles. The molecular weight excluding hydrogens is 288 g/mol. The maximum absolute atomic E-state index is 5.06. The Kier molecular flexibility index (Phi) is 4.26. The normalized spacial score (nSPS) is 15.5. The van der Waals surface area contributed by atoms with Gasteiger partial charge in [0.05, 0.1) is 0 Å². The van der Waals surface area contributed by atoms with Crippen molar-refractivity contribution in [3.63, 3.8) is 0 Å². The Labute approximate surface area is 127 Å². The van der Waals surface area contributed by atoms with E-state index in [1.54, 1.807) is 13.4 Å². The first-order valence-corrected chi connectivity index (χ1v) is 7.63. The lowest BCUT2D eigenvalue weighted by molar-refractivity contribution is 0.179. The van der Waals surface area contributed by atoms with Crippen molar-refractivity contribution in [1.82, 2.24) is 19.3 Å². The molecule has 0 saturated carbocycles. The fourth-order valence-corrected chi connectivity index (χ4v) is 3.03. The predicted molar refractivity (Wildman–Crippen MR) is 81.8 cm³/mol. The van der Waals surface area contributed by atoms with Gasteiger partial charge in [0.2, 0.25) is 5.13 Å². The monoisotopic (exact) mass is 306 g/mol. The summed E-state index contributed by atoms with van der Waals surface area (Å²) in [6.07, 6.45) is 1.62. The van der Waals surface area contributed by atoms with Gasteiger partial charge in [-0.15, -0.1) is 0 Å². The SMILES string of the molecule is COCc1nsc(N2CCN(c3cc(C)ncn3)CC2)n1. The number of piperazine rings is 1. The lowest BCUT2D eigenvalue weighted by Crippen LogP contribution is -2.46. The maximum atomic E-state index is 5.06. The van der Waals surface area contributed by atoms with E-state index in [-0.39, 0.29) is 0 Å². The van der Waals surface area contributed by atoms with Crippen LogP contribution in [-0.2, 0) is 11.3 Å². The van der Waals surface area contributed by atoms with Crippen LogP contribution in [-0.4, -0.2) is 52.6 Å². The summed E-state index contributed by atoms with van der Waals surface area (Å²) >= 11 is 1.44. The molecule has 2 aromatic rings. The number of aromatic nitrogens is 4. The molecule has 21 heavy (non-hydrogen) atoms. The number of hydrogen-bond acceptors (Lipinski definition) is 8. The smallest absolute Gasteiger partial charge is 0.205 e. The topological polar surface area (TPSA) is 67.3 Å². The molecule has 3 rings (SSSR count). The van der Waals surface area contributed by atoms with Crippen LogP contribution in [0.25, 0.3) is 0 Å². The highest BCUT2D eigenvalue weighted by atomic mass is 32.1. The van der Waals surface area contributed by atoms with E-state index in [0.29, 0.717) is 6.61 Å². The minimum absolute atomic E-state index is 0.469. The molecule has 0 N–H and O–H groups in total. The van der Waals surface area contributed by atoms with Crippen LogP contribution >= 0.6 is 11.5 Å². The van der Waals surface area contributed by atoms with Gasteiger partial charge < -0.3 is 14.5 Å². The van der Waals surface area contributed by atoms with E-state index in [9.17, 15) is 0 Å². The zero-order chi connectivity index (χ0) is 14.7. The molecule has 7 nitrogen and oxygen atoms in total. The van der Waals surface area contributed by atoms with Crippen molar-refractivity contribution >= 4 is 22.5 Å². The molecule has 112 valence electrons. The molecule has 0 amide bonds. The van der Waals surface area contributed by atoms with Crippen molar-refractivity contribution in [2.75, 3.05) is 43.1 Å². The van der Waals surface area contributed by atoms with Crippen LogP contribution in [0, 0.1) is 6.92 Å². The number of methoxy groups -OCH3 is 1. The van der Waals surface area contributed by atoms with Crippen LogP contribution in [0.1, 0.15) is 11.5 Å². The van der Waals surface area contributed by atoms with E-state index in [4.69, 9.17) is 4.74 Å². The fraction of sp³-hybridized carbons (Fsp3) is 0.538. The molecule has 1 aliphatic rings. The van der Waals surface area contributed by atoms with E-state index >= 15 is 0 Å². The molecule has 0 unspecified atom stereocenters. The first-order valence-electron chi connectivity index (χ1n) is 6.86. The molecule has 0 spiro atoms. The highest BCUT2D eigenvalue weighted by molar-refractivity contribution is 7.09. The van der Waals surface area contributed by atoms with Crippen LogP contribution < -0.4 is 9.80 Å². The Balaban J connectivity index is 1.61. The number of ether oxygens (including phenoxy) is 1. The standard InChI is InChI=1S/C13H18N6OS/c1-10-7-12(15-9-14-10)18-3-5-19(6-4-18)13-16-11(8-20-2)17-21-13/h7,9H,3-6,8H2,1-2H3. The Hall–Kier alpha value is -1.80. The molecular formula is C13H18N6OS. The zero-order valence-electron chi connectivity index (χ0n) is 12.2. The van der Waals surface area contributed by atoms with Gasteiger partial charge in [-0.3, -0.25) is 0 Å². The minimum atomic E-state index is 0.469. The lowest BCUT2D eigenvalue weighted by Gasteiger charge is -2.35. The highest BCUT2D eigenvalue weighted by Gasteiger charge is 2.21. The summed E-state index contributed by atoms with van der Waals surface area (Å²) in [6, 6.07) is 2.03. The third kappa shape index (κ3) is 3.27. The second-order valence-electron chi connectivity index (χ2n) is 4.92. The Morgan fingerprint density at radius 1 is 1.19 bits per heavy atom. The molecule has 0 bridgehead atoms. The maximum Gasteiger partial charge on any atom is 0.205 e. The molecule has 8 heteroatoms. The van der Waals surface area contributed by atoms with Crippen molar-refractivity contribution in [3.8, 4) is 0 Å². The number of rotatable bonds is 4. The molecule has 0 radical (unpaired) electrons. The Morgan fingerprint density at radius 2 is 1.95 bits per heavy atom. The predicted octanol–water partition coefficient (Wildman–Crippen LogP) is 1.11. The number of aryl methyl sites for hydroxylation is 1. The first kappa shape index (κ1) is 14.2. The van der Waals surface area contributed by atoms with E-state index in [1.165, 1.54) is 11.5 Å². The Morgan fingerprint density at radius 3 is 2.67 bits per heavy atom. The van der Waals surface area contributed by atoms with Gasteiger partial charge in [0.15, 0.2) is 5.82 Å². The van der Waals surface area contributed by atoms with Crippen LogP contribution in [0.3, 0.4) is 0 Å². The summed E-state index contributed by atoms with van der Waals surface area (Å²) in [5.74, 6) is 1.76. The van der Waals surface area contributed by atoms with Gasteiger partial charge in [0, 0.05) is 56.6 Å². The second-order valence-corrected chi connectivity index (χ2v) is 5.65. The fourth-order valence-electron chi connectivity index (χ4n) is 2.30. The van der Waals surface area contributed by atoms with Gasteiger partial charge in [-0.25, -0.2) is 15.0 Å². The summed E-state index contributed by atoms with van der Waals surface area (Å²) in [4.78, 5) is 17.5. The number of nitrogens with zero attached hydrogens (tertiary/aromatic N) is 6. The Bertz CT molecular complexity index is 596. The lowest BCUT2D eigenvalue weighted by atomic mass is 10.3. The minimum Gasteiger partial charge on any atom is -0.377 e. The molecule has 0 aromatic carbocycles. The van der Waals surface area contributed by atoms with Crippen LogP contribution in [0.15, 0.2) is 12.4 Å². The van der Waals surface area contributed by atoms with E-state index in [2.05, 4.69) is 29.1 Å². The molecule has 1 saturated heterocycles. The largest absolute Gasteiger partial charge is 0.377 e. The molecule has 0 atom stereocenters. The molecule has 1 aliphatic heterocycles. The van der Waals surface area contributed by atoms with Crippen molar-refractivity contribution in [2.24, 2.45) is 0 Å². The van der Waals surface area contributed by atoms with Crippen LogP contribution in [0.2, 0.25) is 0 Å². The van der Waals surface area contributed by atoms with Crippen LogP contribution in [0.4, 0.5) is 10.9 Å². The second kappa shape index (κ2) is 6.31. The summed E-state index contributed by atoms with van der Waals surface area (Å²) in [7, 11) is 1.66. The van der Waals surface area contributed by atoms with Gasteiger partial charge in [-0.05, 0) is 6.92 Å². The average molecular weight is 306 g/mol. The summed E-state index contributed by atoms with van der Waals surface area (Å²) in [6.45, 7) is 6.15. The van der Waals surface area contributed by atoms with Crippen molar-refractivity contribution in [1.29, 1.82) is 0 Å². The van der Waals surface area contributed by atoms with Crippen molar-refractivity contribution < 1.29 is 4.74 Å². The van der Waals surface area contributed by atoms with Crippen molar-refractivity contribution in [3.05, 3.63) is 23.9 Å². The van der Waals surface area contributed by atoms with E-state index in [1.807, 2.05) is 13.0 Å². The van der Waals surface area contributed by atoms with Crippen LogP contribution in [0.5, 0.6) is 0 Å². The van der Waals surface area contributed by atoms with Gasteiger partial charge in [0.1, 0.15) is 18.8 Å². The van der Waals surface area contributed by atoms with E-state index < -0.39 is 0 Å². The average Bonchev–Trinajstić information content (AvgIpc) is 2.97. The van der Waals surface area contributed by atoms with Gasteiger partial charge in [-0.2, -0.15) is 4.37 Å². The summed E-state index contributed by atoms with van der Waals surface area (Å²) < 4.78 is 9.35.